The molecule has 1 aromatic carbocycles. The van der Waals surface area contributed by atoms with Gasteiger partial charge in [0, 0.05) is 0 Å². The highest BCUT2D eigenvalue weighted by Gasteiger charge is 2.19. The fraction of sp³-hybridized carbons (Fsp3) is 0.143. The fourth-order valence-electron chi connectivity index (χ4n) is 1.89. The minimum absolute atomic E-state index is 0.201. The van der Waals surface area contributed by atoms with Gasteiger partial charge < -0.3 is 5.11 Å². The van der Waals surface area contributed by atoms with E-state index >= 15 is 0 Å². The highest BCUT2D eigenvalue weighted by molar-refractivity contribution is 8.01. The number of hydrogen-bond acceptors (Lipinski definition) is 6. The van der Waals surface area contributed by atoms with Crippen molar-refractivity contribution >= 4 is 39.3 Å². The molecule has 0 aliphatic rings. The lowest BCUT2D eigenvalue weighted by Gasteiger charge is -2.07. The van der Waals surface area contributed by atoms with E-state index in [0.717, 1.165) is 14.6 Å². The molecule has 0 spiro atoms. The van der Waals surface area contributed by atoms with Crippen molar-refractivity contribution in [3.8, 4) is 0 Å². The third kappa shape index (κ3) is 2.62. The van der Waals surface area contributed by atoms with E-state index < -0.39 is 5.97 Å². The van der Waals surface area contributed by atoms with Crippen molar-refractivity contribution in [2.24, 2.45) is 0 Å². The molecule has 2 aromatic heterocycles. The number of benzene rings is 1. The van der Waals surface area contributed by atoms with Crippen LogP contribution in [0.2, 0.25) is 0 Å². The number of para-hydroxylation sites is 1. The van der Waals surface area contributed by atoms with E-state index in [9.17, 15) is 9.90 Å². The van der Waals surface area contributed by atoms with E-state index in [-0.39, 0.29) is 5.56 Å². The van der Waals surface area contributed by atoms with Gasteiger partial charge in [0.25, 0.3) is 0 Å². The number of rotatable bonds is 3. The first-order valence-electron chi connectivity index (χ1n) is 6.17. The molecule has 106 valence electrons. The molecule has 5 nitrogen and oxygen atoms in total. The second kappa shape index (κ2) is 5.42. The molecule has 0 radical (unpaired) electrons. The molecule has 2 heterocycles. The van der Waals surface area contributed by atoms with Crippen LogP contribution >= 0.6 is 23.1 Å². The highest BCUT2D eigenvalue weighted by atomic mass is 32.2. The van der Waals surface area contributed by atoms with Gasteiger partial charge in [-0.3, -0.25) is 0 Å². The Balaban J connectivity index is 2.05. The maximum Gasteiger partial charge on any atom is 0.338 e. The summed E-state index contributed by atoms with van der Waals surface area (Å²) in [4.78, 5) is 15.9. The number of aromatic carboxylic acids is 1. The van der Waals surface area contributed by atoms with Crippen molar-refractivity contribution in [3.05, 3.63) is 41.1 Å². The fourth-order valence-corrected chi connectivity index (χ4v) is 3.99. The zero-order chi connectivity index (χ0) is 15.0. The van der Waals surface area contributed by atoms with Gasteiger partial charge in [-0.1, -0.05) is 12.1 Å². The van der Waals surface area contributed by atoms with Crippen LogP contribution in [0.25, 0.3) is 10.2 Å². The molecule has 0 aliphatic carbocycles. The minimum Gasteiger partial charge on any atom is -0.478 e. The molecular weight excluding hydrogens is 306 g/mol. The molecule has 0 unspecified atom stereocenters. The summed E-state index contributed by atoms with van der Waals surface area (Å²) < 4.78 is 1.82. The lowest BCUT2D eigenvalue weighted by molar-refractivity contribution is 0.0690. The summed E-state index contributed by atoms with van der Waals surface area (Å²) in [6.45, 7) is 3.50. The Hall–Kier alpha value is -1.99. The Morgan fingerprint density at radius 3 is 2.71 bits per heavy atom. The Morgan fingerprint density at radius 1 is 1.24 bits per heavy atom. The van der Waals surface area contributed by atoms with E-state index in [1.807, 2.05) is 24.3 Å². The van der Waals surface area contributed by atoms with Gasteiger partial charge in [-0.25, -0.2) is 9.78 Å². The van der Waals surface area contributed by atoms with Crippen LogP contribution < -0.4 is 0 Å². The lowest BCUT2D eigenvalue weighted by atomic mass is 10.1. The molecule has 0 saturated carbocycles. The van der Waals surface area contributed by atoms with Crippen LogP contribution in [0.4, 0.5) is 0 Å². The third-order valence-electron chi connectivity index (χ3n) is 3.09. The first kappa shape index (κ1) is 14.0. The second-order valence-electron chi connectivity index (χ2n) is 4.45. The number of nitrogens with zero attached hydrogens (tertiary/aromatic N) is 3. The molecule has 21 heavy (non-hydrogen) atoms. The van der Waals surface area contributed by atoms with Crippen LogP contribution in [-0.4, -0.2) is 26.3 Å². The first-order valence-corrected chi connectivity index (χ1v) is 7.80. The van der Waals surface area contributed by atoms with E-state index in [4.69, 9.17) is 0 Å². The molecule has 7 heteroatoms. The van der Waals surface area contributed by atoms with Gasteiger partial charge in [0.15, 0.2) is 4.34 Å². The molecule has 0 aliphatic heterocycles. The molecule has 1 N–H and O–H groups in total. The summed E-state index contributed by atoms with van der Waals surface area (Å²) in [7, 11) is 0. The molecule has 0 amide bonds. The van der Waals surface area contributed by atoms with Crippen LogP contribution in [0.5, 0.6) is 0 Å². The monoisotopic (exact) mass is 317 g/mol. The minimum atomic E-state index is -0.992. The average molecular weight is 317 g/mol. The summed E-state index contributed by atoms with van der Waals surface area (Å²) >= 11 is 2.76. The summed E-state index contributed by atoms with van der Waals surface area (Å²) in [5.41, 5.74) is 2.37. The van der Waals surface area contributed by atoms with Gasteiger partial charge in [-0.2, -0.15) is 5.10 Å². The number of aryl methyl sites for hydroxylation is 1. The van der Waals surface area contributed by atoms with E-state index in [1.165, 1.54) is 23.1 Å². The van der Waals surface area contributed by atoms with Crippen LogP contribution in [0.1, 0.15) is 21.6 Å². The number of carbonyl (C=O) groups is 1. The molecule has 3 rings (SSSR count). The third-order valence-corrected chi connectivity index (χ3v) is 5.17. The first-order chi connectivity index (χ1) is 10.1. The number of hydrogen-bond donors (Lipinski definition) is 1. The number of aromatic nitrogens is 3. The van der Waals surface area contributed by atoms with Gasteiger partial charge in [0.2, 0.25) is 0 Å². The summed E-state index contributed by atoms with van der Waals surface area (Å²) in [5, 5.41) is 17.8. The smallest absolute Gasteiger partial charge is 0.338 e. The van der Waals surface area contributed by atoms with Crippen molar-refractivity contribution < 1.29 is 9.90 Å². The molecule has 0 fully saturated rings. The van der Waals surface area contributed by atoms with Crippen LogP contribution in [0.15, 0.2) is 33.6 Å². The van der Waals surface area contributed by atoms with Crippen LogP contribution in [0, 0.1) is 13.8 Å². The van der Waals surface area contributed by atoms with Crippen LogP contribution in [-0.2, 0) is 0 Å². The number of thiazole rings is 1. The Bertz CT molecular complexity index is 812. The molecular formula is C14H11N3O2S2. The van der Waals surface area contributed by atoms with E-state index in [1.54, 1.807) is 13.8 Å². The van der Waals surface area contributed by atoms with Crippen molar-refractivity contribution in [2.45, 2.75) is 23.2 Å². The lowest BCUT2D eigenvalue weighted by Crippen LogP contribution is -2.07. The zero-order valence-electron chi connectivity index (χ0n) is 11.3. The number of carboxylic acids is 1. The topological polar surface area (TPSA) is 76.0 Å². The summed E-state index contributed by atoms with van der Waals surface area (Å²) in [6.07, 6.45) is 0. The predicted molar refractivity (Wildman–Crippen MR) is 82.2 cm³/mol. The largest absolute Gasteiger partial charge is 0.478 e. The molecule has 3 aromatic rings. The highest BCUT2D eigenvalue weighted by Crippen LogP contribution is 2.35. The normalized spacial score (nSPS) is 11.0. The molecule has 0 bridgehead atoms. The Morgan fingerprint density at radius 2 is 2.00 bits per heavy atom. The van der Waals surface area contributed by atoms with Gasteiger partial charge in [-0.15, -0.1) is 16.4 Å². The standard InChI is InChI=1S/C14H11N3O2S2/c1-7-8(2)16-17-12(11(7)13(18)19)21-14-15-9-5-3-4-6-10(9)20-14/h3-6H,1-2H3,(H,18,19). The van der Waals surface area contributed by atoms with Crippen molar-refractivity contribution in [1.29, 1.82) is 0 Å². The maximum atomic E-state index is 11.5. The second-order valence-corrected chi connectivity index (χ2v) is 6.71. The Labute approximate surface area is 129 Å². The van der Waals surface area contributed by atoms with E-state index in [0.29, 0.717) is 16.3 Å². The van der Waals surface area contributed by atoms with Gasteiger partial charge in [0.05, 0.1) is 21.5 Å². The van der Waals surface area contributed by atoms with Crippen molar-refractivity contribution in [1.82, 2.24) is 15.2 Å². The van der Waals surface area contributed by atoms with Crippen molar-refractivity contribution in [3.63, 3.8) is 0 Å². The van der Waals surface area contributed by atoms with Gasteiger partial charge >= 0.3 is 5.97 Å². The van der Waals surface area contributed by atoms with Crippen LogP contribution in [0.3, 0.4) is 0 Å². The predicted octanol–water partition coefficient (Wildman–Crippen LogP) is 3.55. The summed E-state index contributed by atoms with van der Waals surface area (Å²) in [5.74, 6) is -0.992. The van der Waals surface area contributed by atoms with Gasteiger partial charge in [0.1, 0.15) is 5.03 Å². The van der Waals surface area contributed by atoms with Crippen molar-refractivity contribution in [2.75, 3.05) is 0 Å². The molecule has 0 atom stereocenters. The number of carboxylic acid groups (broad SMARTS) is 1. The molecule has 0 saturated heterocycles. The quantitative estimate of drug-likeness (QED) is 0.796. The summed E-state index contributed by atoms with van der Waals surface area (Å²) in [6, 6.07) is 7.80. The zero-order valence-corrected chi connectivity index (χ0v) is 13.0. The Kier molecular flexibility index (Phi) is 3.60. The van der Waals surface area contributed by atoms with E-state index in [2.05, 4.69) is 15.2 Å². The SMILES string of the molecule is Cc1nnc(Sc2nc3ccccc3s2)c(C(=O)O)c1C. The average Bonchev–Trinajstić information content (AvgIpc) is 2.85. The maximum absolute atomic E-state index is 11.5. The number of fused-ring (bicyclic) bond motifs is 1. The van der Waals surface area contributed by atoms with Gasteiger partial charge in [-0.05, 0) is 43.3 Å².